The smallest absolute Gasteiger partial charge is 0.103 e. The zero-order valence-electron chi connectivity index (χ0n) is 13.0. The molecule has 21 heavy (non-hydrogen) atoms. The van der Waals surface area contributed by atoms with Crippen LogP contribution >= 0.6 is 0 Å². The lowest BCUT2D eigenvalue weighted by molar-refractivity contribution is 0.0651. The van der Waals surface area contributed by atoms with Crippen LogP contribution in [0.25, 0.3) is 0 Å². The number of nitrogens with one attached hydrogen (secondary N) is 1. The first kappa shape index (κ1) is 15.7. The number of ether oxygens (including phenoxy) is 1. The monoisotopic (exact) mass is 288 g/mol. The van der Waals surface area contributed by atoms with Gasteiger partial charge in [0.2, 0.25) is 0 Å². The van der Waals surface area contributed by atoms with Gasteiger partial charge in [-0.3, -0.25) is 0 Å². The molecule has 5 heteroatoms. The van der Waals surface area contributed by atoms with Gasteiger partial charge in [-0.15, -0.1) is 5.10 Å². The van der Waals surface area contributed by atoms with Crippen molar-refractivity contribution in [2.45, 2.75) is 39.0 Å². The first-order valence-electron chi connectivity index (χ1n) is 7.51. The molecule has 0 bridgehead atoms. The van der Waals surface area contributed by atoms with Gasteiger partial charge >= 0.3 is 0 Å². The van der Waals surface area contributed by atoms with Crippen LogP contribution in [0.4, 0.5) is 0 Å². The molecule has 0 spiro atoms. The van der Waals surface area contributed by atoms with Crippen molar-refractivity contribution in [2.75, 3.05) is 13.7 Å². The Morgan fingerprint density at radius 1 is 1.24 bits per heavy atom. The van der Waals surface area contributed by atoms with Crippen molar-refractivity contribution in [3.05, 3.63) is 47.8 Å². The molecular formula is C16H24N4O. The van der Waals surface area contributed by atoms with E-state index in [0.717, 1.165) is 30.8 Å². The Balaban J connectivity index is 2.34. The molecule has 0 aliphatic rings. The van der Waals surface area contributed by atoms with Gasteiger partial charge in [-0.05, 0) is 18.5 Å². The molecule has 0 aliphatic heterocycles. The third-order valence-electron chi connectivity index (χ3n) is 3.51. The molecular weight excluding hydrogens is 264 g/mol. The SMILES string of the molecule is CCCn1nncc1C(NCC)C(OC)c1ccccc1. The molecule has 0 fully saturated rings. The summed E-state index contributed by atoms with van der Waals surface area (Å²) in [7, 11) is 1.75. The van der Waals surface area contributed by atoms with E-state index in [1.807, 2.05) is 29.1 Å². The number of rotatable bonds is 8. The second kappa shape index (κ2) is 7.90. The lowest BCUT2D eigenvalue weighted by Gasteiger charge is -2.27. The molecule has 2 unspecified atom stereocenters. The third kappa shape index (κ3) is 3.68. The summed E-state index contributed by atoms with van der Waals surface area (Å²) < 4.78 is 7.74. The highest BCUT2D eigenvalue weighted by molar-refractivity contribution is 5.22. The summed E-state index contributed by atoms with van der Waals surface area (Å²) in [5, 5.41) is 11.8. The predicted molar refractivity (Wildman–Crippen MR) is 82.9 cm³/mol. The van der Waals surface area contributed by atoms with Crippen LogP contribution in [0.5, 0.6) is 0 Å². The number of methoxy groups -OCH3 is 1. The quantitative estimate of drug-likeness (QED) is 0.811. The number of nitrogens with zero attached hydrogens (tertiary/aromatic N) is 3. The zero-order chi connectivity index (χ0) is 15.1. The highest BCUT2D eigenvalue weighted by Gasteiger charge is 2.27. The molecule has 1 aromatic carbocycles. The summed E-state index contributed by atoms with van der Waals surface area (Å²) >= 11 is 0. The fourth-order valence-electron chi connectivity index (χ4n) is 2.59. The van der Waals surface area contributed by atoms with Crippen molar-refractivity contribution >= 4 is 0 Å². The first-order chi connectivity index (χ1) is 10.3. The topological polar surface area (TPSA) is 52.0 Å². The third-order valence-corrected chi connectivity index (χ3v) is 3.51. The summed E-state index contributed by atoms with van der Waals surface area (Å²) in [5.74, 6) is 0. The standard InChI is InChI=1S/C16H24N4O/c1-4-11-20-14(12-18-19-20)15(17-5-2)16(21-3)13-9-7-6-8-10-13/h6-10,12,15-17H,4-5,11H2,1-3H3. The Morgan fingerprint density at radius 2 is 2.00 bits per heavy atom. The minimum atomic E-state index is -0.0692. The first-order valence-corrected chi connectivity index (χ1v) is 7.51. The summed E-state index contributed by atoms with van der Waals surface area (Å²) in [6.45, 7) is 5.95. The fourth-order valence-corrected chi connectivity index (χ4v) is 2.59. The molecule has 1 heterocycles. The number of hydrogen-bond acceptors (Lipinski definition) is 4. The molecule has 0 saturated heterocycles. The number of benzene rings is 1. The van der Waals surface area contributed by atoms with Gasteiger partial charge in [0.15, 0.2) is 0 Å². The van der Waals surface area contributed by atoms with E-state index in [1.165, 1.54) is 0 Å². The molecule has 1 aromatic heterocycles. The summed E-state index contributed by atoms with van der Waals surface area (Å²) in [5.41, 5.74) is 2.21. The van der Waals surface area contributed by atoms with Crippen molar-refractivity contribution in [1.82, 2.24) is 20.3 Å². The maximum Gasteiger partial charge on any atom is 0.103 e. The van der Waals surface area contributed by atoms with E-state index in [4.69, 9.17) is 4.74 Å². The summed E-state index contributed by atoms with van der Waals surface area (Å²) in [6, 6.07) is 10.3. The Morgan fingerprint density at radius 3 is 2.62 bits per heavy atom. The van der Waals surface area contributed by atoms with E-state index in [1.54, 1.807) is 7.11 Å². The molecule has 2 rings (SSSR count). The van der Waals surface area contributed by atoms with Gasteiger partial charge < -0.3 is 10.1 Å². The zero-order valence-corrected chi connectivity index (χ0v) is 13.0. The van der Waals surface area contributed by atoms with Crippen LogP contribution in [-0.2, 0) is 11.3 Å². The normalized spacial score (nSPS) is 14.0. The van der Waals surface area contributed by atoms with Crippen LogP contribution in [0, 0.1) is 0 Å². The Hall–Kier alpha value is -1.72. The van der Waals surface area contributed by atoms with Gasteiger partial charge in [-0.25, -0.2) is 4.68 Å². The van der Waals surface area contributed by atoms with E-state index in [-0.39, 0.29) is 12.1 Å². The molecule has 114 valence electrons. The summed E-state index contributed by atoms with van der Waals surface area (Å²) in [4.78, 5) is 0. The molecule has 2 atom stereocenters. The molecule has 1 N–H and O–H groups in total. The average molecular weight is 288 g/mol. The Kier molecular flexibility index (Phi) is 5.90. The van der Waals surface area contributed by atoms with Crippen LogP contribution in [0.2, 0.25) is 0 Å². The Bertz CT molecular complexity index is 526. The van der Waals surface area contributed by atoms with Gasteiger partial charge in [0.05, 0.1) is 17.9 Å². The predicted octanol–water partition coefficient (Wildman–Crippen LogP) is 2.73. The van der Waals surface area contributed by atoms with Crippen LogP contribution in [0.3, 0.4) is 0 Å². The minimum Gasteiger partial charge on any atom is -0.375 e. The van der Waals surface area contributed by atoms with Crippen LogP contribution in [-0.4, -0.2) is 28.6 Å². The van der Waals surface area contributed by atoms with Crippen molar-refractivity contribution in [2.24, 2.45) is 0 Å². The van der Waals surface area contributed by atoms with Crippen LogP contribution in [0.1, 0.15) is 43.7 Å². The number of aryl methyl sites for hydroxylation is 1. The molecule has 2 aromatic rings. The second-order valence-corrected chi connectivity index (χ2v) is 4.98. The number of aromatic nitrogens is 3. The van der Waals surface area contributed by atoms with Crippen molar-refractivity contribution < 1.29 is 4.74 Å². The maximum atomic E-state index is 5.78. The fraction of sp³-hybridized carbons (Fsp3) is 0.500. The molecule has 0 radical (unpaired) electrons. The van der Waals surface area contributed by atoms with Gasteiger partial charge in [0.25, 0.3) is 0 Å². The van der Waals surface area contributed by atoms with Crippen molar-refractivity contribution in [1.29, 1.82) is 0 Å². The molecule has 0 saturated carbocycles. The lowest BCUT2D eigenvalue weighted by atomic mass is 9.99. The minimum absolute atomic E-state index is 0.0314. The Labute approximate surface area is 126 Å². The molecule has 0 amide bonds. The maximum absolute atomic E-state index is 5.78. The van der Waals surface area contributed by atoms with Crippen LogP contribution in [0.15, 0.2) is 36.5 Å². The largest absolute Gasteiger partial charge is 0.375 e. The van der Waals surface area contributed by atoms with E-state index >= 15 is 0 Å². The van der Waals surface area contributed by atoms with Gasteiger partial charge in [0, 0.05) is 13.7 Å². The lowest BCUT2D eigenvalue weighted by Crippen LogP contribution is -2.30. The van der Waals surface area contributed by atoms with E-state index in [9.17, 15) is 0 Å². The molecule has 5 nitrogen and oxygen atoms in total. The van der Waals surface area contributed by atoms with Crippen molar-refractivity contribution in [3.63, 3.8) is 0 Å². The summed E-state index contributed by atoms with van der Waals surface area (Å²) in [6.07, 6.45) is 2.79. The van der Waals surface area contributed by atoms with E-state index in [0.29, 0.717) is 0 Å². The number of likely N-dealkylation sites (N-methyl/N-ethyl adjacent to an activating group) is 1. The van der Waals surface area contributed by atoms with Crippen LogP contribution < -0.4 is 5.32 Å². The van der Waals surface area contributed by atoms with Gasteiger partial charge in [-0.2, -0.15) is 0 Å². The second-order valence-electron chi connectivity index (χ2n) is 4.98. The van der Waals surface area contributed by atoms with E-state index in [2.05, 4.69) is 41.6 Å². The highest BCUT2D eigenvalue weighted by Crippen LogP contribution is 2.31. The highest BCUT2D eigenvalue weighted by atomic mass is 16.5. The van der Waals surface area contributed by atoms with Crippen molar-refractivity contribution in [3.8, 4) is 0 Å². The van der Waals surface area contributed by atoms with Gasteiger partial charge in [0.1, 0.15) is 6.10 Å². The number of hydrogen-bond donors (Lipinski definition) is 1. The molecule has 0 aliphatic carbocycles. The van der Waals surface area contributed by atoms with Gasteiger partial charge in [-0.1, -0.05) is 49.4 Å². The average Bonchev–Trinajstić information content (AvgIpc) is 2.97. The van der Waals surface area contributed by atoms with E-state index < -0.39 is 0 Å².